The van der Waals surface area contributed by atoms with Crippen molar-refractivity contribution in [1.29, 1.82) is 0 Å². The second-order valence-electron chi connectivity index (χ2n) is 6.43. The number of amides is 1. The minimum atomic E-state index is -1.10. The lowest BCUT2D eigenvalue weighted by Crippen LogP contribution is -2.15. The third kappa shape index (κ3) is 6.19. The minimum absolute atomic E-state index is 0.265. The minimum Gasteiger partial charge on any atom is -0.491 e. The Balaban J connectivity index is 2.18. The lowest BCUT2D eigenvalue weighted by molar-refractivity contribution is -0.139. The van der Waals surface area contributed by atoms with Crippen LogP contribution >= 0.6 is 0 Å². The van der Waals surface area contributed by atoms with Gasteiger partial charge in [-0.2, -0.15) is 0 Å². The molecule has 0 atom stereocenters. The summed E-state index contributed by atoms with van der Waals surface area (Å²) >= 11 is 0. The lowest BCUT2D eigenvalue weighted by atomic mass is 10.1. The van der Waals surface area contributed by atoms with Gasteiger partial charge < -0.3 is 24.6 Å². The van der Waals surface area contributed by atoms with Crippen molar-refractivity contribution in [3.63, 3.8) is 0 Å². The third-order valence-electron chi connectivity index (χ3n) is 3.56. The maximum absolute atomic E-state index is 12.7. The largest absolute Gasteiger partial charge is 0.491 e. The maximum atomic E-state index is 12.7. The van der Waals surface area contributed by atoms with E-state index in [9.17, 15) is 9.59 Å². The van der Waals surface area contributed by atoms with Gasteiger partial charge in [-0.3, -0.25) is 4.79 Å². The second kappa shape index (κ2) is 10.2. The molecule has 28 heavy (non-hydrogen) atoms. The molecule has 2 rings (SSSR count). The molecule has 0 saturated heterocycles. The highest BCUT2D eigenvalue weighted by atomic mass is 16.5. The van der Waals surface area contributed by atoms with E-state index in [1.807, 2.05) is 26.0 Å². The molecule has 0 heterocycles. The third-order valence-corrected chi connectivity index (χ3v) is 3.56. The average Bonchev–Trinajstić information content (AvgIpc) is 2.66. The van der Waals surface area contributed by atoms with Gasteiger partial charge in [0.1, 0.15) is 5.75 Å². The number of para-hydroxylation sites is 2. The summed E-state index contributed by atoms with van der Waals surface area (Å²) in [6, 6.07) is 11.8. The van der Waals surface area contributed by atoms with E-state index in [1.165, 1.54) is 12.1 Å². The Morgan fingerprint density at radius 1 is 1.00 bits per heavy atom. The summed E-state index contributed by atoms with van der Waals surface area (Å²) in [7, 11) is 0. The topological polar surface area (TPSA) is 94.1 Å². The summed E-state index contributed by atoms with van der Waals surface area (Å²) in [5.74, 6) is 0.0858. The average molecular weight is 387 g/mol. The predicted octanol–water partition coefficient (Wildman–Crippen LogP) is 3.84. The molecule has 0 aliphatic carbocycles. The zero-order chi connectivity index (χ0) is 20.5. The van der Waals surface area contributed by atoms with E-state index in [4.69, 9.17) is 19.3 Å². The molecule has 0 spiro atoms. The van der Waals surface area contributed by atoms with Gasteiger partial charge in [0, 0.05) is 5.56 Å². The van der Waals surface area contributed by atoms with Crippen LogP contribution in [0.15, 0.2) is 42.5 Å². The van der Waals surface area contributed by atoms with Crippen LogP contribution in [0.3, 0.4) is 0 Å². The molecule has 0 aromatic heterocycles. The SMILES string of the molecule is CCOc1cc(C(=O)Nc2ccccc2OCC(C)C)ccc1OCC(=O)O. The summed E-state index contributed by atoms with van der Waals surface area (Å²) in [5, 5.41) is 11.6. The van der Waals surface area contributed by atoms with Gasteiger partial charge in [0.15, 0.2) is 18.1 Å². The van der Waals surface area contributed by atoms with Gasteiger partial charge in [0.25, 0.3) is 5.91 Å². The number of aliphatic carboxylic acids is 1. The first-order valence-corrected chi connectivity index (χ1v) is 9.05. The highest BCUT2D eigenvalue weighted by Crippen LogP contribution is 2.30. The Hall–Kier alpha value is -3.22. The number of carbonyl (C=O) groups is 2. The van der Waals surface area contributed by atoms with Crippen LogP contribution in [0.1, 0.15) is 31.1 Å². The van der Waals surface area contributed by atoms with E-state index in [0.29, 0.717) is 41.9 Å². The van der Waals surface area contributed by atoms with Crippen LogP contribution in [0, 0.1) is 5.92 Å². The van der Waals surface area contributed by atoms with Crippen LogP contribution in [0.25, 0.3) is 0 Å². The summed E-state index contributed by atoms with van der Waals surface area (Å²) in [5.41, 5.74) is 0.919. The number of anilines is 1. The van der Waals surface area contributed by atoms with Crippen molar-refractivity contribution in [1.82, 2.24) is 0 Å². The number of carbonyl (C=O) groups excluding carboxylic acids is 1. The van der Waals surface area contributed by atoms with Crippen LogP contribution in [-0.2, 0) is 4.79 Å². The van der Waals surface area contributed by atoms with Crippen molar-refractivity contribution in [3.8, 4) is 17.2 Å². The smallest absolute Gasteiger partial charge is 0.341 e. The van der Waals surface area contributed by atoms with Gasteiger partial charge in [0.2, 0.25) is 0 Å². The van der Waals surface area contributed by atoms with Crippen molar-refractivity contribution in [3.05, 3.63) is 48.0 Å². The number of ether oxygens (including phenoxy) is 3. The van der Waals surface area contributed by atoms with Crippen LogP contribution in [0.2, 0.25) is 0 Å². The highest BCUT2D eigenvalue weighted by Gasteiger charge is 2.14. The molecule has 0 fully saturated rings. The van der Waals surface area contributed by atoms with Crippen LogP contribution in [0.4, 0.5) is 5.69 Å². The number of carboxylic acids is 1. The molecule has 1 amide bonds. The molecule has 7 nitrogen and oxygen atoms in total. The number of hydrogen-bond donors (Lipinski definition) is 2. The monoisotopic (exact) mass is 387 g/mol. The number of carboxylic acid groups (broad SMARTS) is 1. The van der Waals surface area contributed by atoms with Crippen molar-refractivity contribution in [2.75, 3.05) is 25.1 Å². The fourth-order valence-electron chi connectivity index (χ4n) is 2.32. The molecule has 0 saturated carbocycles. The number of hydrogen-bond acceptors (Lipinski definition) is 5. The molecule has 0 aliphatic heterocycles. The van der Waals surface area contributed by atoms with Crippen LogP contribution in [-0.4, -0.2) is 36.8 Å². The molecule has 0 aliphatic rings. The molecule has 150 valence electrons. The maximum Gasteiger partial charge on any atom is 0.341 e. The Morgan fingerprint density at radius 2 is 1.75 bits per heavy atom. The second-order valence-corrected chi connectivity index (χ2v) is 6.43. The number of benzene rings is 2. The zero-order valence-electron chi connectivity index (χ0n) is 16.2. The summed E-state index contributed by atoms with van der Waals surface area (Å²) in [6.45, 7) is 6.27. The fraction of sp³-hybridized carbons (Fsp3) is 0.333. The summed E-state index contributed by atoms with van der Waals surface area (Å²) in [6.07, 6.45) is 0. The van der Waals surface area contributed by atoms with Gasteiger partial charge in [-0.25, -0.2) is 4.79 Å². The molecule has 2 aromatic carbocycles. The Labute approximate surface area is 164 Å². The zero-order valence-corrected chi connectivity index (χ0v) is 16.2. The van der Waals surface area contributed by atoms with Crippen molar-refractivity contribution in [2.45, 2.75) is 20.8 Å². The van der Waals surface area contributed by atoms with Gasteiger partial charge in [0.05, 0.1) is 18.9 Å². The van der Waals surface area contributed by atoms with Crippen LogP contribution in [0.5, 0.6) is 17.2 Å². The van der Waals surface area contributed by atoms with E-state index in [1.54, 1.807) is 25.1 Å². The van der Waals surface area contributed by atoms with Crippen molar-refractivity contribution in [2.24, 2.45) is 5.92 Å². The van der Waals surface area contributed by atoms with E-state index in [0.717, 1.165) is 0 Å². The van der Waals surface area contributed by atoms with Gasteiger partial charge >= 0.3 is 5.97 Å². The Kier molecular flexibility index (Phi) is 7.68. The van der Waals surface area contributed by atoms with Crippen LogP contribution < -0.4 is 19.5 Å². The number of rotatable bonds is 10. The first kappa shape index (κ1) is 21.1. The van der Waals surface area contributed by atoms with E-state index < -0.39 is 12.6 Å². The molecule has 2 aromatic rings. The molecular formula is C21H25NO6. The lowest BCUT2D eigenvalue weighted by Gasteiger charge is -2.15. The fourth-order valence-corrected chi connectivity index (χ4v) is 2.32. The van der Waals surface area contributed by atoms with E-state index >= 15 is 0 Å². The molecule has 7 heteroatoms. The predicted molar refractivity (Wildman–Crippen MR) is 105 cm³/mol. The normalized spacial score (nSPS) is 10.4. The summed E-state index contributed by atoms with van der Waals surface area (Å²) < 4.78 is 16.4. The quantitative estimate of drug-likeness (QED) is 0.643. The van der Waals surface area contributed by atoms with Crippen molar-refractivity contribution >= 4 is 17.6 Å². The molecular weight excluding hydrogens is 362 g/mol. The van der Waals surface area contributed by atoms with Gasteiger partial charge in [-0.15, -0.1) is 0 Å². The molecule has 2 N–H and O–H groups in total. The molecule has 0 bridgehead atoms. The Morgan fingerprint density at radius 3 is 2.43 bits per heavy atom. The molecule has 0 radical (unpaired) electrons. The standard InChI is InChI=1S/C21H25NO6/c1-4-26-19-11-15(9-10-18(19)28-13-20(23)24)21(25)22-16-7-5-6-8-17(16)27-12-14(2)3/h5-11,14H,4,12-13H2,1-3H3,(H,22,25)(H,23,24). The first-order valence-electron chi connectivity index (χ1n) is 9.05. The highest BCUT2D eigenvalue weighted by molar-refractivity contribution is 6.05. The van der Waals surface area contributed by atoms with Gasteiger partial charge in [-0.1, -0.05) is 26.0 Å². The van der Waals surface area contributed by atoms with E-state index in [-0.39, 0.29) is 11.7 Å². The number of nitrogens with one attached hydrogen (secondary N) is 1. The van der Waals surface area contributed by atoms with Gasteiger partial charge in [-0.05, 0) is 43.2 Å². The molecule has 0 unspecified atom stereocenters. The summed E-state index contributed by atoms with van der Waals surface area (Å²) in [4.78, 5) is 23.4. The first-order chi connectivity index (χ1) is 13.4. The van der Waals surface area contributed by atoms with Crippen molar-refractivity contribution < 1.29 is 28.9 Å². The Bertz CT molecular complexity index is 818. The van der Waals surface area contributed by atoms with E-state index in [2.05, 4.69) is 5.32 Å².